The summed E-state index contributed by atoms with van der Waals surface area (Å²) in [6, 6.07) is 0. The van der Waals surface area contributed by atoms with Gasteiger partial charge in [-0.1, -0.05) is 20.8 Å². The maximum Gasteiger partial charge on any atom is 0.191 e. The number of halogens is 1. The molecule has 1 atom stereocenters. The third-order valence-corrected chi connectivity index (χ3v) is 3.15. The van der Waals surface area contributed by atoms with Crippen LogP contribution in [0.5, 0.6) is 0 Å². The highest BCUT2D eigenvalue weighted by atomic mass is 127. The number of aryl methyl sites for hydroxylation is 1. The van der Waals surface area contributed by atoms with Gasteiger partial charge >= 0.3 is 0 Å². The van der Waals surface area contributed by atoms with Gasteiger partial charge in [-0.3, -0.25) is 9.67 Å². The minimum absolute atomic E-state index is 0. The largest absolute Gasteiger partial charge is 0.379 e. The van der Waals surface area contributed by atoms with Crippen molar-refractivity contribution >= 4 is 29.9 Å². The first kappa shape index (κ1) is 20.2. The zero-order valence-corrected chi connectivity index (χ0v) is 16.1. The van der Waals surface area contributed by atoms with E-state index in [1.54, 1.807) is 18.8 Å². The molecule has 0 fully saturated rings. The van der Waals surface area contributed by atoms with Gasteiger partial charge in [0.2, 0.25) is 0 Å². The number of aliphatic imine (C=N–C) groups is 1. The maximum absolute atomic E-state index is 5.52. The second-order valence-electron chi connectivity index (χ2n) is 5.92. The summed E-state index contributed by atoms with van der Waals surface area (Å²) in [4.78, 5) is 4.21. The molecule has 0 aliphatic carbocycles. The Hall–Kier alpha value is -0.830. The van der Waals surface area contributed by atoms with Gasteiger partial charge in [0, 0.05) is 46.1 Å². The SMILES string of the molecule is CN=C(NCc1cnn(C)c1)NCC(OC)C(C)(C)C.I. The summed E-state index contributed by atoms with van der Waals surface area (Å²) in [7, 11) is 5.41. The number of methoxy groups -OCH3 is 1. The molecule has 0 saturated carbocycles. The van der Waals surface area contributed by atoms with E-state index in [1.807, 2.05) is 19.4 Å². The molecule has 1 rings (SSSR count). The van der Waals surface area contributed by atoms with E-state index in [1.165, 1.54) is 0 Å². The summed E-state index contributed by atoms with van der Waals surface area (Å²) < 4.78 is 7.30. The molecular weight excluding hydrogens is 381 g/mol. The fourth-order valence-corrected chi connectivity index (χ4v) is 1.90. The van der Waals surface area contributed by atoms with Crippen molar-refractivity contribution in [3.63, 3.8) is 0 Å². The highest BCUT2D eigenvalue weighted by molar-refractivity contribution is 14.0. The smallest absolute Gasteiger partial charge is 0.191 e. The van der Waals surface area contributed by atoms with E-state index in [9.17, 15) is 0 Å². The van der Waals surface area contributed by atoms with Crippen LogP contribution in [0.15, 0.2) is 17.4 Å². The molecule has 0 amide bonds. The lowest BCUT2D eigenvalue weighted by molar-refractivity contribution is 0.0205. The minimum atomic E-state index is 0. The fraction of sp³-hybridized carbons (Fsp3) is 0.714. The van der Waals surface area contributed by atoms with Crippen molar-refractivity contribution in [1.29, 1.82) is 0 Å². The average molecular weight is 409 g/mol. The Kier molecular flexibility index (Phi) is 8.88. The Balaban J connectivity index is 0.00000400. The molecule has 1 aromatic heterocycles. The van der Waals surface area contributed by atoms with Gasteiger partial charge in [-0.15, -0.1) is 24.0 Å². The Labute approximate surface area is 144 Å². The van der Waals surface area contributed by atoms with Gasteiger partial charge in [0.05, 0.1) is 12.3 Å². The second-order valence-corrected chi connectivity index (χ2v) is 5.92. The van der Waals surface area contributed by atoms with E-state index in [4.69, 9.17) is 4.74 Å². The Morgan fingerprint density at radius 2 is 2.10 bits per heavy atom. The van der Waals surface area contributed by atoms with Crippen molar-refractivity contribution < 1.29 is 4.74 Å². The van der Waals surface area contributed by atoms with Crippen LogP contribution in [0.4, 0.5) is 0 Å². The third-order valence-electron chi connectivity index (χ3n) is 3.15. The molecule has 0 bridgehead atoms. The lowest BCUT2D eigenvalue weighted by Crippen LogP contribution is -2.45. The van der Waals surface area contributed by atoms with Crippen molar-refractivity contribution in [2.24, 2.45) is 17.5 Å². The molecule has 1 unspecified atom stereocenters. The molecule has 0 aromatic carbocycles. The maximum atomic E-state index is 5.52. The second kappa shape index (κ2) is 9.24. The van der Waals surface area contributed by atoms with Gasteiger partial charge in [-0.05, 0) is 5.41 Å². The van der Waals surface area contributed by atoms with Crippen LogP contribution >= 0.6 is 24.0 Å². The molecule has 0 aliphatic heterocycles. The van der Waals surface area contributed by atoms with Crippen molar-refractivity contribution in [3.8, 4) is 0 Å². The number of nitrogens with zero attached hydrogens (tertiary/aromatic N) is 3. The fourth-order valence-electron chi connectivity index (χ4n) is 1.90. The summed E-state index contributed by atoms with van der Waals surface area (Å²) >= 11 is 0. The lowest BCUT2D eigenvalue weighted by atomic mass is 9.89. The van der Waals surface area contributed by atoms with Crippen LogP contribution in [0, 0.1) is 5.41 Å². The number of nitrogens with one attached hydrogen (secondary N) is 2. The molecule has 2 N–H and O–H groups in total. The van der Waals surface area contributed by atoms with Crippen LogP contribution < -0.4 is 10.6 Å². The van der Waals surface area contributed by atoms with Crippen molar-refractivity contribution in [1.82, 2.24) is 20.4 Å². The van der Waals surface area contributed by atoms with Crippen LogP contribution in [-0.4, -0.2) is 42.5 Å². The van der Waals surface area contributed by atoms with Crippen LogP contribution in [0.2, 0.25) is 0 Å². The average Bonchev–Trinajstić information content (AvgIpc) is 2.78. The predicted octanol–water partition coefficient (Wildman–Crippen LogP) is 1.76. The third kappa shape index (κ3) is 7.12. The van der Waals surface area contributed by atoms with Crippen molar-refractivity contribution in [2.75, 3.05) is 20.7 Å². The van der Waals surface area contributed by atoms with E-state index in [2.05, 4.69) is 41.5 Å². The monoisotopic (exact) mass is 409 g/mol. The summed E-state index contributed by atoms with van der Waals surface area (Å²) in [5, 5.41) is 10.7. The van der Waals surface area contributed by atoms with E-state index in [0.717, 1.165) is 11.5 Å². The van der Waals surface area contributed by atoms with Crippen LogP contribution in [0.25, 0.3) is 0 Å². The molecule has 0 radical (unpaired) electrons. The van der Waals surface area contributed by atoms with Gasteiger partial charge in [0.15, 0.2) is 5.96 Å². The van der Waals surface area contributed by atoms with Gasteiger partial charge < -0.3 is 15.4 Å². The van der Waals surface area contributed by atoms with Crippen molar-refractivity contribution in [2.45, 2.75) is 33.4 Å². The highest BCUT2D eigenvalue weighted by Gasteiger charge is 2.24. The van der Waals surface area contributed by atoms with Crippen LogP contribution in [0.1, 0.15) is 26.3 Å². The first-order valence-electron chi connectivity index (χ1n) is 6.81. The normalized spacial score (nSPS) is 13.5. The molecule has 21 heavy (non-hydrogen) atoms. The Morgan fingerprint density at radius 3 is 2.52 bits per heavy atom. The zero-order chi connectivity index (χ0) is 15.2. The van der Waals surface area contributed by atoms with Crippen molar-refractivity contribution in [3.05, 3.63) is 18.0 Å². The number of hydrogen-bond donors (Lipinski definition) is 2. The van der Waals surface area contributed by atoms with E-state index in [0.29, 0.717) is 13.1 Å². The Morgan fingerprint density at radius 1 is 1.43 bits per heavy atom. The van der Waals surface area contributed by atoms with E-state index < -0.39 is 0 Å². The summed E-state index contributed by atoms with van der Waals surface area (Å²) in [5.74, 6) is 0.764. The lowest BCUT2D eigenvalue weighted by Gasteiger charge is -2.30. The number of ether oxygens (including phenoxy) is 1. The number of guanidine groups is 1. The van der Waals surface area contributed by atoms with Gasteiger partial charge in [-0.2, -0.15) is 5.10 Å². The molecule has 6 nitrogen and oxygen atoms in total. The molecule has 0 spiro atoms. The predicted molar refractivity (Wildman–Crippen MR) is 97.1 cm³/mol. The molecule has 0 aliphatic rings. The standard InChI is InChI=1S/C14H27N5O.HI/c1-14(2,3)12(20-6)9-17-13(15-4)16-7-11-8-18-19(5)10-11;/h8,10,12H,7,9H2,1-6H3,(H2,15,16,17);1H. The molecule has 1 heterocycles. The quantitative estimate of drug-likeness (QED) is 0.442. The molecule has 0 saturated heterocycles. The molecule has 122 valence electrons. The summed E-state index contributed by atoms with van der Waals surface area (Å²) in [5.41, 5.74) is 1.21. The van der Waals surface area contributed by atoms with Gasteiger partial charge in [0.1, 0.15) is 0 Å². The number of hydrogen-bond acceptors (Lipinski definition) is 3. The topological polar surface area (TPSA) is 63.5 Å². The first-order chi connectivity index (χ1) is 9.36. The van der Waals surface area contributed by atoms with Crippen LogP contribution in [0.3, 0.4) is 0 Å². The van der Waals surface area contributed by atoms with E-state index >= 15 is 0 Å². The van der Waals surface area contributed by atoms with Gasteiger partial charge in [0.25, 0.3) is 0 Å². The highest BCUT2D eigenvalue weighted by Crippen LogP contribution is 2.20. The molecule has 1 aromatic rings. The Bertz CT molecular complexity index is 439. The van der Waals surface area contributed by atoms with Gasteiger partial charge in [-0.25, -0.2) is 0 Å². The minimum Gasteiger partial charge on any atom is -0.379 e. The zero-order valence-electron chi connectivity index (χ0n) is 13.8. The van der Waals surface area contributed by atoms with E-state index in [-0.39, 0.29) is 35.5 Å². The summed E-state index contributed by atoms with van der Waals surface area (Å²) in [6.45, 7) is 7.89. The first-order valence-corrected chi connectivity index (χ1v) is 6.81. The molecule has 7 heteroatoms. The number of rotatable bonds is 5. The molecular formula is C14H28IN5O. The van der Waals surface area contributed by atoms with Crippen LogP contribution in [-0.2, 0) is 18.3 Å². The number of aromatic nitrogens is 2. The summed E-state index contributed by atoms with van der Waals surface area (Å²) in [6.07, 6.45) is 3.94.